The molecule has 1 saturated carbocycles. The van der Waals surface area contributed by atoms with Crippen LogP contribution in [0.3, 0.4) is 0 Å². The van der Waals surface area contributed by atoms with Crippen molar-refractivity contribution in [3.8, 4) is 0 Å². The zero-order valence-electron chi connectivity index (χ0n) is 12.6. The Bertz CT molecular complexity index is 635. The molecule has 1 aromatic rings. The molecule has 2 heterocycles. The van der Waals surface area contributed by atoms with Crippen molar-refractivity contribution < 1.29 is 8.42 Å². The fourth-order valence-electron chi connectivity index (χ4n) is 4.10. The number of fused-ring (bicyclic) bond motifs is 2. The zero-order valence-corrected chi connectivity index (χ0v) is 14.2. The summed E-state index contributed by atoms with van der Waals surface area (Å²) in [6, 6.07) is 10.3. The minimum absolute atomic E-state index is 0.0240. The second kappa shape index (κ2) is 5.82. The van der Waals surface area contributed by atoms with Gasteiger partial charge in [0.2, 0.25) is 0 Å². The van der Waals surface area contributed by atoms with Crippen LogP contribution in [0.25, 0.3) is 0 Å². The summed E-state index contributed by atoms with van der Waals surface area (Å²) < 4.78 is 30.0. The van der Waals surface area contributed by atoms with Crippen molar-refractivity contribution in [1.82, 2.24) is 8.61 Å². The van der Waals surface area contributed by atoms with Crippen LogP contribution in [0.4, 0.5) is 0 Å². The first kappa shape index (κ1) is 15.0. The molecule has 0 radical (unpaired) electrons. The lowest BCUT2D eigenvalue weighted by Gasteiger charge is -2.39. The molecule has 3 unspecified atom stereocenters. The third kappa shape index (κ3) is 2.50. The van der Waals surface area contributed by atoms with Crippen LogP contribution in [-0.4, -0.2) is 47.7 Å². The SMILES string of the molecule is O=S(=O)(N1CC2CCC1C2)N1CCSCC1c1ccccc1. The van der Waals surface area contributed by atoms with Crippen LogP contribution in [0.5, 0.6) is 0 Å². The van der Waals surface area contributed by atoms with E-state index in [4.69, 9.17) is 0 Å². The largest absolute Gasteiger partial charge is 0.282 e. The topological polar surface area (TPSA) is 40.6 Å². The normalized spacial score (nSPS) is 33.4. The molecule has 0 spiro atoms. The van der Waals surface area contributed by atoms with Crippen molar-refractivity contribution in [3.05, 3.63) is 35.9 Å². The Labute approximate surface area is 137 Å². The highest BCUT2D eigenvalue weighted by Crippen LogP contribution is 2.42. The lowest BCUT2D eigenvalue weighted by molar-refractivity contribution is 0.273. The molecule has 1 aliphatic carbocycles. The van der Waals surface area contributed by atoms with Crippen molar-refractivity contribution in [1.29, 1.82) is 0 Å². The van der Waals surface area contributed by atoms with Gasteiger partial charge in [-0.2, -0.15) is 28.8 Å². The lowest BCUT2D eigenvalue weighted by Crippen LogP contribution is -2.50. The summed E-state index contributed by atoms with van der Waals surface area (Å²) in [6.07, 6.45) is 3.31. The van der Waals surface area contributed by atoms with E-state index in [1.807, 2.05) is 30.0 Å². The van der Waals surface area contributed by atoms with Crippen molar-refractivity contribution in [2.24, 2.45) is 5.92 Å². The van der Waals surface area contributed by atoms with Crippen LogP contribution in [0.2, 0.25) is 0 Å². The van der Waals surface area contributed by atoms with Gasteiger partial charge in [0.25, 0.3) is 10.2 Å². The smallest absolute Gasteiger partial charge is 0.195 e. The fourth-order valence-corrected chi connectivity index (χ4v) is 7.47. The zero-order chi connectivity index (χ0) is 15.2. The predicted molar refractivity (Wildman–Crippen MR) is 90.0 cm³/mol. The Kier molecular flexibility index (Phi) is 3.97. The molecule has 0 N–H and O–H groups in total. The molecule has 4 nitrogen and oxygen atoms in total. The molecule has 2 bridgehead atoms. The summed E-state index contributed by atoms with van der Waals surface area (Å²) in [5.74, 6) is 2.34. The second-order valence-corrected chi connectivity index (χ2v) is 9.51. The maximum atomic E-state index is 13.2. The van der Waals surface area contributed by atoms with Gasteiger partial charge >= 0.3 is 0 Å². The Hall–Kier alpha value is -0.560. The second-order valence-electron chi connectivity index (χ2n) is 6.52. The van der Waals surface area contributed by atoms with Gasteiger partial charge in [0.1, 0.15) is 0 Å². The summed E-state index contributed by atoms with van der Waals surface area (Å²) in [7, 11) is -3.34. The highest BCUT2D eigenvalue weighted by atomic mass is 32.2. The molecule has 6 heteroatoms. The van der Waals surface area contributed by atoms with Gasteiger partial charge in [-0.3, -0.25) is 0 Å². The van der Waals surface area contributed by atoms with E-state index in [-0.39, 0.29) is 12.1 Å². The van der Waals surface area contributed by atoms with Gasteiger partial charge in [-0.1, -0.05) is 30.3 Å². The first-order valence-corrected chi connectivity index (χ1v) is 10.6. The van der Waals surface area contributed by atoms with Gasteiger partial charge in [-0.15, -0.1) is 0 Å². The standard InChI is InChI=1S/C16H22N2O2S2/c19-22(20,18-11-13-6-7-15(18)10-13)17-8-9-21-12-16(17)14-4-2-1-3-5-14/h1-5,13,15-16H,6-12H2. The lowest BCUT2D eigenvalue weighted by atomic mass is 10.1. The molecule has 2 saturated heterocycles. The molecule has 1 aromatic carbocycles. The maximum absolute atomic E-state index is 13.2. The number of benzene rings is 1. The van der Waals surface area contributed by atoms with E-state index in [2.05, 4.69) is 12.1 Å². The van der Waals surface area contributed by atoms with Crippen LogP contribution in [0.15, 0.2) is 30.3 Å². The quantitative estimate of drug-likeness (QED) is 0.850. The minimum Gasteiger partial charge on any atom is -0.195 e. The maximum Gasteiger partial charge on any atom is 0.282 e. The first-order chi connectivity index (χ1) is 10.7. The Morgan fingerprint density at radius 3 is 2.59 bits per heavy atom. The molecule has 3 atom stereocenters. The van der Waals surface area contributed by atoms with Gasteiger partial charge in [-0.05, 0) is 30.7 Å². The molecule has 3 fully saturated rings. The van der Waals surface area contributed by atoms with Crippen LogP contribution < -0.4 is 0 Å². The van der Waals surface area contributed by atoms with Crippen LogP contribution in [0.1, 0.15) is 30.9 Å². The van der Waals surface area contributed by atoms with Crippen molar-refractivity contribution in [3.63, 3.8) is 0 Å². The molecule has 120 valence electrons. The third-order valence-corrected chi connectivity index (χ3v) is 8.31. The summed E-state index contributed by atoms with van der Waals surface area (Å²) >= 11 is 1.85. The van der Waals surface area contributed by atoms with Gasteiger partial charge < -0.3 is 0 Å². The van der Waals surface area contributed by atoms with Gasteiger partial charge in [0.15, 0.2) is 0 Å². The van der Waals surface area contributed by atoms with Crippen LogP contribution >= 0.6 is 11.8 Å². The molecular formula is C16H22N2O2S2. The van der Waals surface area contributed by atoms with Crippen LogP contribution in [-0.2, 0) is 10.2 Å². The summed E-state index contributed by atoms with van der Waals surface area (Å²) in [4.78, 5) is 0. The van der Waals surface area contributed by atoms with Gasteiger partial charge in [0, 0.05) is 30.6 Å². The number of rotatable bonds is 3. The number of hydrogen-bond acceptors (Lipinski definition) is 3. The Morgan fingerprint density at radius 1 is 1.09 bits per heavy atom. The summed E-state index contributed by atoms with van der Waals surface area (Å²) in [6.45, 7) is 1.36. The molecular weight excluding hydrogens is 316 g/mol. The highest BCUT2D eigenvalue weighted by molar-refractivity contribution is 7.99. The molecule has 0 amide bonds. The molecule has 22 heavy (non-hydrogen) atoms. The molecule has 0 aromatic heterocycles. The monoisotopic (exact) mass is 338 g/mol. The Morgan fingerprint density at radius 2 is 1.91 bits per heavy atom. The van der Waals surface area contributed by atoms with E-state index in [0.29, 0.717) is 12.5 Å². The van der Waals surface area contributed by atoms with Gasteiger partial charge in [0.05, 0.1) is 6.04 Å². The highest BCUT2D eigenvalue weighted by Gasteiger charge is 2.47. The number of thioether (sulfide) groups is 1. The first-order valence-electron chi connectivity index (χ1n) is 8.07. The van der Waals surface area contributed by atoms with E-state index in [1.165, 1.54) is 6.42 Å². The van der Waals surface area contributed by atoms with Crippen molar-refractivity contribution in [2.75, 3.05) is 24.6 Å². The van der Waals surface area contributed by atoms with E-state index < -0.39 is 10.2 Å². The van der Waals surface area contributed by atoms with E-state index in [1.54, 1.807) is 8.61 Å². The molecule has 3 aliphatic rings. The fraction of sp³-hybridized carbons (Fsp3) is 0.625. The minimum atomic E-state index is -3.34. The molecule has 2 aliphatic heterocycles. The molecule has 4 rings (SSSR count). The number of hydrogen-bond donors (Lipinski definition) is 0. The van der Waals surface area contributed by atoms with E-state index >= 15 is 0 Å². The summed E-state index contributed by atoms with van der Waals surface area (Å²) in [5.41, 5.74) is 1.11. The van der Waals surface area contributed by atoms with Gasteiger partial charge in [-0.25, -0.2) is 0 Å². The average molecular weight is 338 g/mol. The van der Waals surface area contributed by atoms with Crippen molar-refractivity contribution in [2.45, 2.75) is 31.3 Å². The third-order valence-electron chi connectivity index (χ3n) is 5.22. The predicted octanol–water partition coefficient (Wildman–Crippen LogP) is 2.51. The number of nitrogens with zero attached hydrogens (tertiary/aromatic N) is 2. The van der Waals surface area contributed by atoms with Crippen LogP contribution in [0, 0.1) is 5.92 Å². The van der Waals surface area contributed by atoms with E-state index in [0.717, 1.165) is 36.5 Å². The Balaban J connectivity index is 1.64. The van der Waals surface area contributed by atoms with E-state index in [9.17, 15) is 8.42 Å². The number of piperidine rings is 1. The average Bonchev–Trinajstić information content (AvgIpc) is 3.19. The van der Waals surface area contributed by atoms with Crippen molar-refractivity contribution >= 4 is 22.0 Å². The summed E-state index contributed by atoms with van der Waals surface area (Å²) in [5, 5.41) is 0.